The maximum Gasteiger partial charge on any atom is 0.246 e. The van der Waals surface area contributed by atoms with Gasteiger partial charge in [-0.1, -0.05) is 6.58 Å². The Bertz CT molecular complexity index is 757. The number of carbonyl (C=O) groups is 1. The minimum absolute atomic E-state index is 0.0444. The number of likely N-dealkylation sites (tertiary alicyclic amines) is 1. The number of pyridine rings is 1. The van der Waals surface area contributed by atoms with Crippen molar-refractivity contribution in [1.29, 1.82) is 5.26 Å². The van der Waals surface area contributed by atoms with Crippen LogP contribution in [0.5, 0.6) is 0 Å². The van der Waals surface area contributed by atoms with E-state index in [0.717, 1.165) is 30.3 Å². The average molecular weight is 295 g/mol. The second-order valence-corrected chi connectivity index (χ2v) is 5.37. The third-order valence-electron chi connectivity index (χ3n) is 3.96. The molecule has 0 unspecified atom stereocenters. The normalized spacial score (nSPS) is 18.0. The number of H-pyrrole nitrogens is 1. The molecule has 2 aromatic heterocycles. The Kier molecular flexibility index (Phi) is 3.79. The SMILES string of the molecule is C=CC(=O)N1CCC[C@@H](Nc2nccc3[nH]cc(C#N)c23)C1. The van der Waals surface area contributed by atoms with Crippen molar-refractivity contribution in [3.63, 3.8) is 0 Å². The van der Waals surface area contributed by atoms with Crippen LogP contribution in [0.4, 0.5) is 5.82 Å². The molecule has 1 fully saturated rings. The summed E-state index contributed by atoms with van der Waals surface area (Å²) < 4.78 is 0. The smallest absolute Gasteiger partial charge is 0.246 e. The van der Waals surface area contributed by atoms with E-state index in [1.54, 1.807) is 17.3 Å². The van der Waals surface area contributed by atoms with Crippen molar-refractivity contribution in [3.8, 4) is 6.07 Å². The van der Waals surface area contributed by atoms with Crippen LogP contribution in [0.25, 0.3) is 10.9 Å². The maximum absolute atomic E-state index is 11.8. The summed E-state index contributed by atoms with van der Waals surface area (Å²) >= 11 is 0. The molecule has 1 aliphatic heterocycles. The van der Waals surface area contributed by atoms with Gasteiger partial charge in [0.25, 0.3) is 0 Å². The van der Waals surface area contributed by atoms with Gasteiger partial charge < -0.3 is 15.2 Å². The van der Waals surface area contributed by atoms with Crippen molar-refractivity contribution >= 4 is 22.6 Å². The number of hydrogen-bond donors (Lipinski definition) is 2. The molecule has 2 aromatic rings. The van der Waals surface area contributed by atoms with Crippen LogP contribution in [0.1, 0.15) is 18.4 Å². The first-order valence-electron chi connectivity index (χ1n) is 7.27. The summed E-state index contributed by atoms with van der Waals surface area (Å²) in [5.74, 6) is 0.644. The maximum atomic E-state index is 11.8. The van der Waals surface area contributed by atoms with Gasteiger partial charge in [-0.05, 0) is 25.0 Å². The Morgan fingerprint density at radius 1 is 1.64 bits per heavy atom. The molecule has 6 nitrogen and oxygen atoms in total. The number of aromatic nitrogens is 2. The van der Waals surface area contributed by atoms with Crippen LogP contribution in [0.2, 0.25) is 0 Å². The number of hydrogen-bond acceptors (Lipinski definition) is 4. The van der Waals surface area contributed by atoms with E-state index in [-0.39, 0.29) is 11.9 Å². The summed E-state index contributed by atoms with van der Waals surface area (Å²) in [6.45, 7) is 4.92. The predicted molar refractivity (Wildman–Crippen MR) is 84.2 cm³/mol. The summed E-state index contributed by atoms with van der Waals surface area (Å²) in [4.78, 5) is 21.0. The zero-order valence-corrected chi connectivity index (χ0v) is 12.2. The minimum atomic E-state index is -0.0444. The molecule has 3 heterocycles. The molecule has 6 heteroatoms. The van der Waals surface area contributed by atoms with Gasteiger partial charge in [0.2, 0.25) is 5.91 Å². The molecule has 1 atom stereocenters. The van der Waals surface area contributed by atoms with Gasteiger partial charge in [-0.25, -0.2) is 4.98 Å². The molecule has 112 valence electrons. The highest BCUT2D eigenvalue weighted by Crippen LogP contribution is 2.26. The number of nitriles is 1. The van der Waals surface area contributed by atoms with Crippen LogP contribution in [0.15, 0.2) is 31.1 Å². The van der Waals surface area contributed by atoms with Gasteiger partial charge in [0.05, 0.1) is 16.5 Å². The Balaban J connectivity index is 1.84. The number of amides is 1. The summed E-state index contributed by atoms with van der Waals surface area (Å²) in [5, 5.41) is 13.4. The van der Waals surface area contributed by atoms with Gasteiger partial charge >= 0.3 is 0 Å². The summed E-state index contributed by atoms with van der Waals surface area (Å²) in [6, 6.07) is 4.14. The number of fused-ring (bicyclic) bond motifs is 1. The lowest BCUT2D eigenvalue weighted by atomic mass is 10.1. The van der Waals surface area contributed by atoms with E-state index in [0.29, 0.717) is 17.9 Å². The second kappa shape index (κ2) is 5.90. The van der Waals surface area contributed by atoms with Crippen molar-refractivity contribution in [2.75, 3.05) is 18.4 Å². The molecule has 1 aliphatic rings. The van der Waals surface area contributed by atoms with Crippen LogP contribution >= 0.6 is 0 Å². The van der Waals surface area contributed by atoms with Gasteiger partial charge in [0.1, 0.15) is 11.9 Å². The molecular formula is C16H17N5O. The fourth-order valence-corrected chi connectivity index (χ4v) is 2.89. The monoisotopic (exact) mass is 295 g/mol. The number of anilines is 1. The average Bonchev–Trinajstić information content (AvgIpc) is 2.98. The molecule has 0 aliphatic carbocycles. The number of nitrogens with zero attached hydrogens (tertiary/aromatic N) is 3. The molecule has 2 N–H and O–H groups in total. The Morgan fingerprint density at radius 3 is 3.27 bits per heavy atom. The summed E-state index contributed by atoms with van der Waals surface area (Å²) in [7, 11) is 0. The van der Waals surface area contributed by atoms with E-state index < -0.39 is 0 Å². The van der Waals surface area contributed by atoms with E-state index in [1.165, 1.54) is 6.08 Å². The zero-order chi connectivity index (χ0) is 15.5. The first-order valence-corrected chi connectivity index (χ1v) is 7.27. The molecule has 0 saturated carbocycles. The number of nitrogens with one attached hydrogen (secondary N) is 2. The lowest BCUT2D eigenvalue weighted by molar-refractivity contribution is -0.127. The molecule has 3 rings (SSSR count). The van der Waals surface area contributed by atoms with Crippen molar-refractivity contribution in [3.05, 3.63) is 36.7 Å². The fourth-order valence-electron chi connectivity index (χ4n) is 2.89. The Morgan fingerprint density at radius 2 is 2.50 bits per heavy atom. The highest BCUT2D eigenvalue weighted by molar-refractivity contribution is 5.94. The van der Waals surface area contributed by atoms with Crippen LogP contribution in [-0.2, 0) is 4.79 Å². The van der Waals surface area contributed by atoms with Crippen LogP contribution in [0.3, 0.4) is 0 Å². The van der Waals surface area contributed by atoms with Crippen molar-refractivity contribution in [2.24, 2.45) is 0 Å². The lowest BCUT2D eigenvalue weighted by Gasteiger charge is -2.32. The van der Waals surface area contributed by atoms with Crippen molar-refractivity contribution in [1.82, 2.24) is 14.9 Å². The molecule has 22 heavy (non-hydrogen) atoms. The standard InChI is InChI=1S/C16H17N5O/c1-2-14(22)21-7-3-4-12(10-21)20-16-15-11(8-17)9-19-13(15)5-6-18-16/h2,5-6,9,12,19H,1,3-4,7,10H2,(H,18,20)/t12-/m1/s1. The third-order valence-corrected chi connectivity index (χ3v) is 3.96. The Labute approximate surface area is 128 Å². The van der Waals surface area contributed by atoms with E-state index >= 15 is 0 Å². The van der Waals surface area contributed by atoms with Gasteiger partial charge in [-0.3, -0.25) is 4.79 Å². The van der Waals surface area contributed by atoms with Gasteiger partial charge in [0, 0.05) is 31.5 Å². The predicted octanol–water partition coefficient (Wildman–Crippen LogP) is 2.02. The lowest BCUT2D eigenvalue weighted by Crippen LogP contribution is -2.44. The molecule has 1 saturated heterocycles. The molecule has 0 aromatic carbocycles. The van der Waals surface area contributed by atoms with Crippen LogP contribution in [0, 0.1) is 11.3 Å². The van der Waals surface area contributed by atoms with Crippen molar-refractivity contribution in [2.45, 2.75) is 18.9 Å². The van der Waals surface area contributed by atoms with Crippen LogP contribution < -0.4 is 5.32 Å². The number of carbonyl (C=O) groups excluding carboxylic acids is 1. The molecule has 0 radical (unpaired) electrons. The number of aromatic amines is 1. The zero-order valence-electron chi connectivity index (χ0n) is 12.2. The molecule has 1 amide bonds. The number of piperidine rings is 1. The van der Waals surface area contributed by atoms with E-state index in [2.05, 4.69) is 27.9 Å². The highest BCUT2D eigenvalue weighted by Gasteiger charge is 2.23. The van der Waals surface area contributed by atoms with Gasteiger partial charge in [0.15, 0.2) is 0 Å². The van der Waals surface area contributed by atoms with Gasteiger partial charge in [-0.15, -0.1) is 0 Å². The van der Waals surface area contributed by atoms with E-state index in [9.17, 15) is 10.1 Å². The van der Waals surface area contributed by atoms with Crippen LogP contribution in [-0.4, -0.2) is 39.9 Å². The largest absolute Gasteiger partial charge is 0.365 e. The van der Waals surface area contributed by atoms with Crippen molar-refractivity contribution < 1.29 is 4.79 Å². The highest BCUT2D eigenvalue weighted by atomic mass is 16.2. The summed E-state index contributed by atoms with van der Waals surface area (Å²) in [5.41, 5.74) is 1.45. The topological polar surface area (TPSA) is 84.8 Å². The first kappa shape index (κ1) is 14.1. The van der Waals surface area contributed by atoms with Gasteiger partial charge in [-0.2, -0.15) is 5.26 Å². The minimum Gasteiger partial charge on any atom is -0.365 e. The number of rotatable bonds is 3. The first-order chi connectivity index (χ1) is 10.7. The quantitative estimate of drug-likeness (QED) is 0.848. The van der Waals surface area contributed by atoms with E-state index in [4.69, 9.17) is 0 Å². The Hall–Kier alpha value is -2.81. The molecule has 0 bridgehead atoms. The van der Waals surface area contributed by atoms with E-state index in [1.807, 2.05) is 6.07 Å². The molecular weight excluding hydrogens is 278 g/mol. The second-order valence-electron chi connectivity index (χ2n) is 5.37. The third kappa shape index (κ3) is 2.53. The molecule has 0 spiro atoms. The summed E-state index contributed by atoms with van der Waals surface area (Å²) in [6.07, 6.45) is 6.64. The fraction of sp³-hybridized carbons (Fsp3) is 0.312.